The summed E-state index contributed by atoms with van der Waals surface area (Å²) in [6, 6.07) is 6.93. The lowest BCUT2D eigenvalue weighted by atomic mass is 10.2. The third-order valence-electron chi connectivity index (χ3n) is 1.78. The molecule has 1 aromatic heterocycles. The molecule has 0 bridgehead atoms. The van der Waals surface area contributed by atoms with Crippen LogP contribution in [0, 0.1) is 0 Å². The first-order valence-electron chi connectivity index (χ1n) is 3.63. The molecule has 0 unspecified atom stereocenters. The van der Waals surface area contributed by atoms with Crippen molar-refractivity contribution < 1.29 is 0 Å². The lowest BCUT2D eigenvalue weighted by Gasteiger charge is -2.00. The van der Waals surface area contributed by atoms with Crippen LogP contribution in [0.25, 0.3) is 10.8 Å². The van der Waals surface area contributed by atoms with Gasteiger partial charge in [-0.15, -0.1) is 9.89 Å². The number of fused-ring (bicyclic) bond motifs is 1. The summed E-state index contributed by atoms with van der Waals surface area (Å²) in [4.78, 5) is 12.1. The average Bonchev–Trinajstić information content (AvgIpc) is 2.15. The van der Waals surface area contributed by atoms with Gasteiger partial charge in [0.1, 0.15) is 0 Å². The number of halogens is 1. The third-order valence-corrected chi connectivity index (χ3v) is 2.06. The number of hydrogen-bond acceptors (Lipinski definition) is 3. The van der Waals surface area contributed by atoms with Crippen LogP contribution >= 0.6 is 11.6 Å². The van der Waals surface area contributed by atoms with Gasteiger partial charge in [-0.3, -0.25) is 4.79 Å². The number of hydrogen-bond donors (Lipinski definition) is 1. The molecule has 66 valence electrons. The molecule has 1 heterocycles. The van der Waals surface area contributed by atoms with Gasteiger partial charge < -0.3 is 5.84 Å². The van der Waals surface area contributed by atoms with Crippen molar-refractivity contribution in [2.24, 2.45) is 0 Å². The van der Waals surface area contributed by atoms with Crippen LogP contribution in [-0.4, -0.2) is 9.89 Å². The lowest BCUT2D eigenvalue weighted by Crippen LogP contribution is -2.29. The molecular formula is C8H6ClN3O. The molecule has 5 heteroatoms. The van der Waals surface area contributed by atoms with E-state index in [0.29, 0.717) is 10.8 Å². The Morgan fingerprint density at radius 3 is 2.62 bits per heavy atom. The largest absolute Gasteiger partial charge is 0.320 e. The number of benzene rings is 1. The molecule has 0 amide bonds. The SMILES string of the molecule is Nn1nc(Cl)c2ccccc2c1=O. The molecule has 0 aliphatic heterocycles. The fraction of sp³-hybridized carbons (Fsp3) is 0. The molecule has 0 radical (unpaired) electrons. The number of rotatable bonds is 0. The van der Waals surface area contributed by atoms with Crippen molar-refractivity contribution in [1.29, 1.82) is 0 Å². The highest BCUT2D eigenvalue weighted by molar-refractivity contribution is 6.34. The van der Waals surface area contributed by atoms with E-state index in [2.05, 4.69) is 5.10 Å². The monoisotopic (exact) mass is 195 g/mol. The van der Waals surface area contributed by atoms with Gasteiger partial charge in [0, 0.05) is 5.39 Å². The summed E-state index contributed by atoms with van der Waals surface area (Å²) in [5.74, 6) is 5.30. The van der Waals surface area contributed by atoms with Crippen LogP contribution in [0.1, 0.15) is 0 Å². The molecule has 2 rings (SSSR count). The lowest BCUT2D eigenvalue weighted by molar-refractivity contribution is 0.777. The van der Waals surface area contributed by atoms with E-state index >= 15 is 0 Å². The Hall–Kier alpha value is -1.55. The van der Waals surface area contributed by atoms with E-state index in [4.69, 9.17) is 17.4 Å². The summed E-state index contributed by atoms with van der Waals surface area (Å²) in [5, 5.41) is 4.98. The van der Waals surface area contributed by atoms with E-state index < -0.39 is 0 Å². The van der Waals surface area contributed by atoms with E-state index in [9.17, 15) is 4.79 Å². The van der Waals surface area contributed by atoms with Gasteiger partial charge in [-0.1, -0.05) is 29.8 Å². The highest BCUT2D eigenvalue weighted by Crippen LogP contribution is 2.16. The predicted octanol–water partition coefficient (Wildman–Crippen LogP) is 0.764. The fourth-order valence-corrected chi connectivity index (χ4v) is 1.41. The summed E-state index contributed by atoms with van der Waals surface area (Å²) in [6.07, 6.45) is 0. The number of nitrogen functional groups attached to an aromatic ring is 1. The molecule has 4 nitrogen and oxygen atoms in total. The van der Waals surface area contributed by atoms with Crippen LogP contribution in [0.2, 0.25) is 5.15 Å². The van der Waals surface area contributed by atoms with Crippen molar-refractivity contribution in [3.8, 4) is 0 Å². The first-order chi connectivity index (χ1) is 6.20. The normalized spacial score (nSPS) is 10.5. The van der Waals surface area contributed by atoms with E-state index in [1.807, 2.05) is 0 Å². The predicted molar refractivity (Wildman–Crippen MR) is 51.2 cm³/mol. The molecule has 0 spiro atoms. The molecule has 13 heavy (non-hydrogen) atoms. The third kappa shape index (κ3) is 1.15. The zero-order valence-corrected chi connectivity index (χ0v) is 7.32. The molecule has 0 aliphatic carbocycles. The Balaban J connectivity index is 3.06. The topological polar surface area (TPSA) is 60.9 Å². The van der Waals surface area contributed by atoms with Crippen LogP contribution in [0.4, 0.5) is 0 Å². The van der Waals surface area contributed by atoms with Crippen LogP contribution in [-0.2, 0) is 0 Å². The quantitative estimate of drug-likeness (QED) is 0.632. The average molecular weight is 196 g/mol. The molecular weight excluding hydrogens is 190 g/mol. The van der Waals surface area contributed by atoms with E-state index in [1.54, 1.807) is 24.3 Å². The van der Waals surface area contributed by atoms with Gasteiger partial charge in [-0.05, 0) is 6.07 Å². The minimum absolute atomic E-state index is 0.234. The van der Waals surface area contributed by atoms with Crippen LogP contribution in [0.15, 0.2) is 29.1 Å². The Morgan fingerprint density at radius 2 is 1.92 bits per heavy atom. The smallest absolute Gasteiger partial charge is 0.293 e. The van der Waals surface area contributed by atoms with E-state index in [-0.39, 0.29) is 10.7 Å². The van der Waals surface area contributed by atoms with Crippen LogP contribution in [0.3, 0.4) is 0 Å². The Labute approximate surface area is 78.5 Å². The number of nitrogens with two attached hydrogens (primary N) is 1. The first kappa shape index (κ1) is 8.07. The number of nitrogens with zero attached hydrogens (tertiary/aromatic N) is 2. The van der Waals surface area contributed by atoms with E-state index in [1.165, 1.54) is 0 Å². The van der Waals surface area contributed by atoms with Crippen molar-refractivity contribution in [3.05, 3.63) is 39.8 Å². The maximum atomic E-state index is 11.4. The molecule has 1 aromatic carbocycles. The van der Waals surface area contributed by atoms with Gasteiger partial charge >= 0.3 is 0 Å². The van der Waals surface area contributed by atoms with Crippen molar-refractivity contribution in [1.82, 2.24) is 9.89 Å². The summed E-state index contributed by atoms with van der Waals surface area (Å²) < 4.78 is 0. The van der Waals surface area contributed by atoms with Crippen molar-refractivity contribution >= 4 is 22.4 Å². The van der Waals surface area contributed by atoms with Gasteiger partial charge in [-0.25, -0.2) is 0 Å². The second kappa shape index (κ2) is 2.74. The van der Waals surface area contributed by atoms with Crippen LogP contribution in [0.5, 0.6) is 0 Å². The van der Waals surface area contributed by atoms with Crippen LogP contribution < -0.4 is 11.4 Å². The van der Waals surface area contributed by atoms with Gasteiger partial charge in [0.25, 0.3) is 5.56 Å². The van der Waals surface area contributed by atoms with Gasteiger partial charge in [0.15, 0.2) is 5.15 Å². The van der Waals surface area contributed by atoms with Gasteiger partial charge in [0.05, 0.1) is 5.39 Å². The minimum Gasteiger partial charge on any atom is -0.320 e. The summed E-state index contributed by atoms with van der Waals surface area (Å²) in [6.45, 7) is 0. The summed E-state index contributed by atoms with van der Waals surface area (Å²) in [5.41, 5.74) is -0.347. The molecule has 0 aliphatic rings. The van der Waals surface area contributed by atoms with Crippen molar-refractivity contribution in [2.75, 3.05) is 5.84 Å². The molecule has 0 saturated carbocycles. The molecule has 2 N–H and O–H groups in total. The molecule has 2 aromatic rings. The van der Waals surface area contributed by atoms with Gasteiger partial charge in [0.2, 0.25) is 0 Å². The molecule has 0 fully saturated rings. The highest BCUT2D eigenvalue weighted by atomic mass is 35.5. The maximum Gasteiger partial charge on any atom is 0.293 e. The number of aromatic nitrogens is 2. The summed E-state index contributed by atoms with van der Waals surface area (Å²) in [7, 11) is 0. The molecule has 0 atom stereocenters. The van der Waals surface area contributed by atoms with Crippen molar-refractivity contribution in [3.63, 3.8) is 0 Å². The maximum absolute atomic E-state index is 11.4. The standard InChI is InChI=1S/C8H6ClN3O/c9-7-5-3-1-2-4-6(5)8(13)12(10)11-7/h1-4H,10H2. The molecule has 0 saturated heterocycles. The Kier molecular flexibility index (Phi) is 1.70. The summed E-state index contributed by atoms with van der Waals surface area (Å²) >= 11 is 5.78. The highest BCUT2D eigenvalue weighted by Gasteiger charge is 2.05. The van der Waals surface area contributed by atoms with Gasteiger partial charge in [-0.2, -0.15) is 0 Å². The zero-order chi connectivity index (χ0) is 9.42. The Bertz CT molecular complexity index is 520. The zero-order valence-electron chi connectivity index (χ0n) is 6.57. The fourth-order valence-electron chi connectivity index (χ4n) is 1.17. The van der Waals surface area contributed by atoms with E-state index in [0.717, 1.165) is 4.79 Å². The Morgan fingerprint density at radius 1 is 1.31 bits per heavy atom. The minimum atomic E-state index is -0.347. The van der Waals surface area contributed by atoms with Crippen molar-refractivity contribution in [2.45, 2.75) is 0 Å². The second-order valence-corrected chi connectivity index (χ2v) is 2.94. The second-order valence-electron chi connectivity index (χ2n) is 2.59. The first-order valence-corrected chi connectivity index (χ1v) is 4.00.